The summed E-state index contributed by atoms with van der Waals surface area (Å²) in [4.78, 5) is 25.9. The lowest BCUT2D eigenvalue weighted by molar-refractivity contribution is -0.149. The number of hydrogen-bond acceptors (Lipinski definition) is 5. The van der Waals surface area contributed by atoms with Crippen molar-refractivity contribution < 1.29 is 14.3 Å². The van der Waals surface area contributed by atoms with Crippen LogP contribution in [0.3, 0.4) is 0 Å². The number of rotatable bonds is 4. The molecule has 7 nitrogen and oxygen atoms in total. The highest BCUT2D eigenvalue weighted by Crippen LogP contribution is 2.22. The number of aromatic nitrogens is 2. The Hall–Kier alpha value is -2.05. The number of esters is 1. The number of nitrogens with two attached hydrogens (primary N) is 1. The topological polar surface area (TPSA) is 101 Å². The van der Waals surface area contributed by atoms with Gasteiger partial charge in [0.15, 0.2) is 5.69 Å². The molecule has 0 bridgehead atoms. The van der Waals surface area contributed by atoms with Crippen molar-refractivity contribution in [2.45, 2.75) is 33.1 Å². The molecule has 2 rings (SSSR count). The van der Waals surface area contributed by atoms with Crippen molar-refractivity contribution in [2.75, 3.05) is 25.4 Å². The van der Waals surface area contributed by atoms with E-state index in [2.05, 4.69) is 10.2 Å². The van der Waals surface area contributed by atoms with E-state index in [9.17, 15) is 9.59 Å². The van der Waals surface area contributed by atoms with Crippen LogP contribution in [0.2, 0.25) is 0 Å². The number of nitrogens with one attached hydrogen (secondary N) is 1. The molecule has 0 spiro atoms. The van der Waals surface area contributed by atoms with Crippen molar-refractivity contribution in [1.29, 1.82) is 0 Å². The number of carbonyl (C=O) groups is 2. The minimum Gasteiger partial charge on any atom is -0.466 e. The fourth-order valence-electron chi connectivity index (χ4n) is 2.58. The summed E-state index contributed by atoms with van der Waals surface area (Å²) in [6, 6.07) is 0. The molecule has 0 radical (unpaired) electrons. The van der Waals surface area contributed by atoms with E-state index in [1.54, 1.807) is 11.8 Å². The Morgan fingerprint density at radius 3 is 2.86 bits per heavy atom. The first-order valence-electron chi connectivity index (χ1n) is 7.37. The molecule has 1 aromatic heterocycles. The number of nitrogens with zero attached hydrogens (tertiary/aromatic N) is 2. The fourth-order valence-corrected chi connectivity index (χ4v) is 2.58. The lowest BCUT2D eigenvalue weighted by atomic mass is 9.98. The van der Waals surface area contributed by atoms with E-state index < -0.39 is 0 Å². The molecular weight excluding hydrogens is 272 g/mol. The Labute approximate surface area is 123 Å². The van der Waals surface area contributed by atoms with Crippen LogP contribution in [0.25, 0.3) is 0 Å². The zero-order valence-electron chi connectivity index (χ0n) is 12.5. The Morgan fingerprint density at radius 1 is 1.48 bits per heavy atom. The van der Waals surface area contributed by atoms with E-state index in [-0.39, 0.29) is 23.5 Å². The van der Waals surface area contributed by atoms with Gasteiger partial charge in [0.05, 0.1) is 23.9 Å². The lowest BCUT2D eigenvalue weighted by Gasteiger charge is -2.31. The van der Waals surface area contributed by atoms with Gasteiger partial charge in [0, 0.05) is 13.1 Å². The maximum absolute atomic E-state index is 12.5. The van der Waals surface area contributed by atoms with Crippen LogP contribution in [0.4, 0.5) is 5.69 Å². The molecule has 1 unspecified atom stereocenters. The summed E-state index contributed by atoms with van der Waals surface area (Å²) in [5.41, 5.74) is 7.34. The number of nitrogen functional groups attached to an aromatic ring is 1. The maximum atomic E-state index is 12.5. The zero-order valence-corrected chi connectivity index (χ0v) is 12.5. The molecule has 21 heavy (non-hydrogen) atoms. The average molecular weight is 294 g/mol. The van der Waals surface area contributed by atoms with E-state index in [1.165, 1.54) is 0 Å². The van der Waals surface area contributed by atoms with Crippen molar-refractivity contribution in [3.63, 3.8) is 0 Å². The number of likely N-dealkylation sites (tertiary alicyclic amines) is 1. The SMILES string of the molecule is CCOC(=O)C1CCCN(C(=O)c2n[nH]c(CC)c2N)C1. The van der Waals surface area contributed by atoms with Gasteiger partial charge in [-0.05, 0) is 26.2 Å². The number of carbonyl (C=O) groups excluding carboxylic acids is 2. The molecule has 0 aliphatic carbocycles. The summed E-state index contributed by atoms with van der Waals surface area (Å²) in [6.07, 6.45) is 2.22. The largest absolute Gasteiger partial charge is 0.466 e. The maximum Gasteiger partial charge on any atom is 0.310 e. The van der Waals surface area contributed by atoms with E-state index >= 15 is 0 Å². The van der Waals surface area contributed by atoms with Crippen molar-refractivity contribution in [2.24, 2.45) is 5.92 Å². The minimum atomic E-state index is -0.256. The number of amides is 1. The van der Waals surface area contributed by atoms with Crippen LogP contribution < -0.4 is 5.73 Å². The van der Waals surface area contributed by atoms with Crippen LogP contribution in [-0.2, 0) is 16.0 Å². The molecule has 116 valence electrons. The summed E-state index contributed by atoms with van der Waals surface area (Å²) in [5, 5.41) is 6.79. The van der Waals surface area contributed by atoms with Crippen LogP contribution >= 0.6 is 0 Å². The molecule has 0 aromatic carbocycles. The van der Waals surface area contributed by atoms with Gasteiger partial charge in [-0.15, -0.1) is 0 Å². The average Bonchev–Trinajstić information content (AvgIpc) is 2.87. The van der Waals surface area contributed by atoms with Gasteiger partial charge in [0.25, 0.3) is 5.91 Å². The molecule has 1 amide bonds. The first-order chi connectivity index (χ1) is 10.1. The summed E-state index contributed by atoms with van der Waals surface area (Å²) in [5.74, 6) is -0.717. The number of aryl methyl sites for hydroxylation is 1. The summed E-state index contributed by atoms with van der Waals surface area (Å²) in [6.45, 7) is 5.06. The lowest BCUT2D eigenvalue weighted by Crippen LogP contribution is -2.43. The van der Waals surface area contributed by atoms with E-state index in [0.29, 0.717) is 31.8 Å². The Bertz CT molecular complexity index is 526. The molecule has 1 aromatic rings. The summed E-state index contributed by atoms with van der Waals surface area (Å²) in [7, 11) is 0. The van der Waals surface area contributed by atoms with Gasteiger partial charge in [0.1, 0.15) is 0 Å². The third-order valence-corrected chi connectivity index (χ3v) is 3.77. The fraction of sp³-hybridized carbons (Fsp3) is 0.643. The van der Waals surface area contributed by atoms with Gasteiger partial charge in [0.2, 0.25) is 0 Å². The number of H-pyrrole nitrogens is 1. The standard InChI is InChI=1S/C14H22N4O3/c1-3-10-11(15)12(17-16-10)13(19)18-7-5-6-9(8-18)14(20)21-4-2/h9H,3-8,15H2,1-2H3,(H,16,17). The van der Waals surface area contributed by atoms with Crippen molar-refractivity contribution in [3.8, 4) is 0 Å². The minimum absolute atomic E-state index is 0.225. The molecule has 1 aliphatic rings. The predicted molar refractivity (Wildman–Crippen MR) is 77.6 cm³/mol. The van der Waals surface area contributed by atoms with Gasteiger partial charge in [-0.2, -0.15) is 5.10 Å². The molecule has 2 heterocycles. The number of piperidine rings is 1. The summed E-state index contributed by atoms with van der Waals surface area (Å²) < 4.78 is 5.04. The second-order valence-electron chi connectivity index (χ2n) is 5.16. The molecule has 1 atom stereocenters. The van der Waals surface area contributed by atoms with Crippen molar-refractivity contribution >= 4 is 17.6 Å². The molecule has 0 saturated carbocycles. The van der Waals surface area contributed by atoms with Gasteiger partial charge in [-0.25, -0.2) is 0 Å². The smallest absolute Gasteiger partial charge is 0.310 e. The summed E-state index contributed by atoms with van der Waals surface area (Å²) >= 11 is 0. The molecule has 7 heteroatoms. The normalized spacial score (nSPS) is 18.6. The van der Waals surface area contributed by atoms with Gasteiger partial charge in [-0.3, -0.25) is 14.7 Å². The third kappa shape index (κ3) is 3.17. The number of anilines is 1. The van der Waals surface area contributed by atoms with Gasteiger partial charge in [-0.1, -0.05) is 6.92 Å². The Kier molecular flexibility index (Phi) is 4.82. The molecule has 1 fully saturated rings. The van der Waals surface area contributed by atoms with Crippen LogP contribution in [0.15, 0.2) is 0 Å². The van der Waals surface area contributed by atoms with Crippen molar-refractivity contribution in [3.05, 3.63) is 11.4 Å². The first-order valence-corrected chi connectivity index (χ1v) is 7.37. The van der Waals surface area contributed by atoms with Crippen LogP contribution in [0, 0.1) is 5.92 Å². The highest BCUT2D eigenvalue weighted by atomic mass is 16.5. The second kappa shape index (κ2) is 6.60. The third-order valence-electron chi connectivity index (χ3n) is 3.77. The first kappa shape index (κ1) is 15.3. The Morgan fingerprint density at radius 2 is 2.24 bits per heavy atom. The Balaban J connectivity index is 2.08. The van der Waals surface area contributed by atoms with Crippen LogP contribution in [-0.4, -0.2) is 46.7 Å². The molecule has 3 N–H and O–H groups in total. The number of hydrogen-bond donors (Lipinski definition) is 2. The van der Waals surface area contributed by atoms with E-state index in [0.717, 1.165) is 18.5 Å². The quantitative estimate of drug-likeness (QED) is 0.806. The molecule has 1 aliphatic heterocycles. The molecular formula is C14H22N4O3. The number of aromatic amines is 1. The highest BCUT2D eigenvalue weighted by molar-refractivity contribution is 5.98. The monoisotopic (exact) mass is 294 g/mol. The second-order valence-corrected chi connectivity index (χ2v) is 5.16. The highest BCUT2D eigenvalue weighted by Gasteiger charge is 2.31. The van der Waals surface area contributed by atoms with Crippen LogP contribution in [0.1, 0.15) is 42.9 Å². The van der Waals surface area contributed by atoms with E-state index in [1.807, 2.05) is 6.92 Å². The number of ether oxygens (including phenoxy) is 1. The molecule has 1 saturated heterocycles. The van der Waals surface area contributed by atoms with E-state index in [4.69, 9.17) is 10.5 Å². The zero-order chi connectivity index (χ0) is 15.4. The van der Waals surface area contributed by atoms with Gasteiger partial charge >= 0.3 is 5.97 Å². The van der Waals surface area contributed by atoms with Crippen molar-refractivity contribution in [1.82, 2.24) is 15.1 Å². The van der Waals surface area contributed by atoms with Crippen LogP contribution in [0.5, 0.6) is 0 Å². The predicted octanol–water partition coefficient (Wildman–Crippen LogP) is 0.970. The van der Waals surface area contributed by atoms with Gasteiger partial charge < -0.3 is 15.4 Å².